The van der Waals surface area contributed by atoms with Crippen LogP contribution in [0.4, 0.5) is 5.69 Å². The Morgan fingerprint density at radius 1 is 1.48 bits per heavy atom. The molecule has 0 saturated carbocycles. The minimum atomic E-state index is -2.91. The Kier molecular flexibility index (Phi) is 4.72. The van der Waals surface area contributed by atoms with Crippen molar-refractivity contribution in [3.8, 4) is 5.75 Å². The molecular formula is C14H20N2O4S. The number of benzene rings is 1. The first kappa shape index (κ1) is 15.6. The van der Waals surface area contributed by atoms with E-state index < -0.39 is 9.84 Å². The molecule has 3 N–H and O–H groups in total. The van der Waals surface area contributed by atoms with Crippen LogP contribution >= 0.6 is 0 Å². The molecule has 6 nitrogen and oxygen atoms in total. The fraction of sp³-hybridized carbons (Fsp3) is 0.500. The fourth-order valence-corrected chi connectivity index (χ4v) is 4.21. The molecule has 1 atom stereocenters. The number of nitrogens with one attached hydrogen (secondary N) is 1. The van der Waals surface area contributed by atoms with Crippen LogP contribution < -0.4 is 15.8 Å². The normalized spacial score (nSPS) is 20.1. The molecule has 1 aliphatic heterocycles. The third kappa shape index (κ3) is 4.10. The van der Waals surface area contributed by atoms with Crippen LogP contribution in [-0.2, 0) is 9.84 Å². The Labute approximate surface area is 124 Å². The maximum atomic E-state index is 12.0. The number of anilines is 1. The molecule has 1 fully saturated rings. The SMILES string of the molecule is CCOc1ccc(C(=O)NCC2CCS(=O)(=O)C2)cc1N. The highest BCUT2D eigenvalue weighted by Crippen LogP contribution is 2.22. The fourth-order valence-electron chi connectivity index (χ4n) is 2.35. The molecule has 1 unspecified atom stereocenters. The van der Waals surface area contributed by atoms with Gasteiger partial charge in [0.2, 0.25) is 0 Å². The average molecular weight is 312 g/mol. The molecule has 0 aromatic heterocycles. The van der Waals surface area contributed by atoms with Crippen LogP contribution in [0.3, 0.4) is 0 Å². The van der Waals surface area contributed by atoms with Gasteiger partial charge in [0.15, 0.2) is 9.84 Å². The highest BCUT2D eigenvalue weighted by Gasteiger charge is 2.28. The second-order valence-electron chi connectivity index (χ2n) is 5.16. The van der Waals surface area contributed by atoms with Crippen molar-refractivity contribution in [1.82, 2.24) is 5.32 Å². The highest BCUT2D eigenvalue weighted by atomic mass is 32.2. The topological polar surface area (TPSA) is 98.5 Å². The predicted octanol–water partition coefficient (Wildman–Crippen LogP) is 0.832. The predicted molar refractivity (Wildman–Crippen MR) is 81.1 cm³/mol. The van der Waals surface area contributed by atoms with Crippen molar-refractivity contribution in [2.45, 2.75) is 13.3 Å². The lowest BCUT2D eigenvalue weighted by molar-refractivity contribution is 0.0948. The number of sulfone groups is 1. The maximum Gasteiger partial charge on any atom is 0.251 e. The van der Waals surface area contributed by atoms with Crippen molar-refractivity contribution < 1.29 is 17.9 Å². The van der Waals surface area contributed by atoms with Crippen LogP contribution in [0.2, 0.25) is 0 Å². The summed E-state index contributed by atoms with van der Waals surface area (Å²) in [6, 6.07) is 4.86. The largest absolute Gasteiger partial charge is 0.492 e. The lowest BCUT2D eigenvalue weighted by Gasteiger charge is -2.11. The van der Waals surface area contributed by atoms with Gasteiger partial charge in [0.25, 0.3) is 5.91 Å². The lowest BCUT2D eigenvalue weighted by Crippen LogP contribution is -2.29. The number of ether oxygens (including phenoxy) is 1. The van der Waals surface area contributed by atoms with E-state index in [9.17, 15) is 13.2 Å². The van der Waals surface area contributed by atoms with Crippen LogP contribution in [0, 0.1) is 5.92 Å². The van der Waals surface area contributed by atoms with Crippen LogP contribution in [0.15, 0.2) is 18.2 Å². The molecule has 1 heterocycles. The summed E-state index contributed by atoms with van der Waals surface area (Å²) < 4.78 is 28.0. The molecule has 21 heavy (non-hydrogen) atoms. The summed E-state index contributed by atoms with van der Waals surface area (Å²) in [6.07, 6.45) is 0.605. The summed E-state index contributed by atoms with van der Waals surface area (Å²) in [5.74, 6) is 0.659. The van der Waals surface area contributed by atoms with Gasteiger partial charge in [-0.25, -0.2) is 8.42 Å². The third-order valence-corrected chi connectivity index (χ3v) is 5.29. The van der Waals surface area contributed by atoms with Gasteiger partial charge in [-0.05, 0) is 37.5 Å². The van der Waals surface area contributed by atoms with E-state index >= 15 is 0 Å². The first-order valence-electron chi connectivity index (χ1n) is 6.92. The number of hydrogen-bond donors (Lipinski definition) is 2. The first-order valence-corrected chi connectivity index (χ1v) is 8.74. The number of amides is 1. The molecular weight excluding hydrogens is 292 g/mol. The van der Waals surface area contributed by atoms with Gasteiger partial charge in [-0.15, -0.1) is 0 Å². The summed E-state index contributed by atoms with van der Waals surface area (Å²) in [7, 11) is -2.91. The van der Waals surface area contributed by atoms with E-state index in [0.29, 0.717) is 36.6 Å². The molecule has 1 aliphatic rings. The van der Waals surface area contributed by atoms with E-state index in [1.54, 1.807) is 18.2 Å². The zero-order chi connectivity index (χ0) is 15.5. The Hall–Kier alpha value is -1.76. The van der Waals surface area contributed by atoms with Gasteiger partial charge in [0.1, 0.15) is 5.75 Å². The zero-order valence-corrected chi connectivity index (χ0v) is 12.8. The van der Waals surface area contributed by atoms with Gasteiger partial charge in [-0.2, -0.15) is 0 Å². The Bertz CT molecular complexity index is 628. The van der Waals surface area contributed by atoms with Gasteiger partial charge in [0, 0.05) is 12.1 Å². The number of carbonyl (C=O) groups is 1. The Balaban J connectivity index is 1.93. The van der Waals surface area contributed by atoms with E-state index in [4.69, 9.17) is 10.5 Å². The van der Waals surface area contributed by atoms with Crippen LogP contribution in [0.1, 0.15) is 23.7 Å². The number of nitrogen functional groups attached to an aromatic ring is 1. The number of nitrogens with two attached hydrogens (primary N) is 1. The van der Waals surface area contributed by atoms with Crippen molar-refractivity contribution in [2.75, 3.05) is 30.4 Å². The standard InChI is InChI=1S/C14H20N2O4S/c1-2-20-13-4-3-11(7-12(13)15)14(17)16-8-10-5-6-21(18,19)9-10/h3-4,7,10H,2,5-6,8-9,15H2,1H3,(H,16,17). The lowest BCUT2D eigenvalue weighted by atomic mass is 10.1. The molecule has 1 aromatic rings. The number of hydrogen-bond acceptors (Lipinski definition) is 5. The van der Waals surface area contributed by atoms with E-state index in [1.807, 2.05) is 6.92 Å². The molecule has 2 rings (SSSR count). The van der Waals surface area contributed by atoms with E-state index in [-0.39, 0.29) is 23.3 Å². The zero-order valence-electron chi connectivity index (χ0n) is 12.0. The summed E-state index contributed by atoms with van der Waals surface area (Å²) in [5.41, 5.74) is 6.67. The summed E-state index contributed by atoms with van der Waals surface area (Å²) >= 11 is 0. The average Bonchev–Trinajstić information content (AvgIpc) is 2.78. The second kappa shape index (κ2) is 6.34. The highest BCUT2D eigenvalue weighted by molar-refractivity contribution is 7.91. The first-order chi connectivity index (χ1) is 9.91. The molecule has 1 saturated heterocycles. The van der Waals surface area contributed by atoms with E-state index in [2.05, 4.69) is 5.32 Å². The third-order valence-electron chi connectivity index (χ3n) is 3.45. The summed E-state index contributed by atoms with van der Waals surface area (Å²) in [6.45, 7) is 2.73. The Morgan fingerprint density at radius 2 is 2.24 bits per heavy atom. The van der Waals surface area contributed by atoms with Gasteiger partial charge >= 0.3 is 0 Å². The van der Waals surface area contributed by atoms with Crippen LogP contribution in [0.25, 0.3) is 0 Å². The molecule has 1 aromatic carbocycles. The molecule has 0 radical (unpaired) electrons. The van der Waals surface area contributed by atoms with Gasteiger partial charge in [0.05, 0.1) is 23.8 Å². The van der Waals surface area contributed by atoms with Crippen molar-refractivity contribution in [3.63, 3.8) is 0 Å². The van der Waals surface area contributed by atoms with Gasteiger partial charge in [-0.3, -0.25) is 4.79 Å². The monoisotopic (exact) mass is 312 g/mol. The summed E-state index contributed by atoms with van der Waals surface area (Å²) in [5, 5.41) is 2.76. The van der Waals surface area contributed by atoms with Gasteiger partial charge in [-0.1, -0.05) is 0 Å². The summed E-state index contributed by atoms with van der Waals surface area (Å²) in [4.78, 5) is 12.0. The number of carbonyl (C=O) groups excluding carboxylic acids is 1. The van der Waals surface area contributed by atoms with E-state index in [0.717, 1.165) is 0 Å². The van der Waals surface area contributed by atoms with Crippen molar-refractivity contribution >= 4 is 21.4 Å². The van der Waals surface area contributed by atoms with Crippen LogP contribution in [0.5, 0.6) is 5.75 Å². The molecule has 7 heteroatoms. The second-order valence-corrected chi connectivity index (χ2v) is 7.39. The smallest absolute Gasteiger partial charge is 0.251 e. The van der Waals surface area contributed by atoms with Gasteiger partial charge < -0.3 is 15.8 Å². The molecule has 1 amide bonds. The maximum absolute atomic E-state index is 12.0. The van der Waals surface area contributed by atoms with E-state index in [1.165, 1.54) is 0 Å². The minimum absolute atomic E-state index is 0.000931. The number of rotatable bonds is 5. The Morgan fingerprint density at radius 3 is 2.81 bits per heavy atom. The van der Waals surface area contributed by atoms with Crippen molar-refractivity contribution in [1.29, 1.82) is 0 Å². The quantitative estimate of drug-likeness (QED) is 0.785. The molecule has 0 aliphatic carbocycles. The van der Waals surface area contributed by atoms with Crippen LogP contribution in [-0.4, -0.2) is 39.0 Å². The minimum Gasteiger partial charge on any atom is -0.492 e. The molecule has 0 spiro atoms. The molecule has 116 valence electrons. The van der Waals surface area contributed by atoms with Crippen molar-refractivity contribution in [2.24, 2.45) is 5.92 Å². The molecule has 0 bridgehead atoms. The van der Waals surface area contributed by atoms with Crippen molar-refractivity contribution in [3.05, 3.63) is 23.8 Å².